The van der Waals surface area contributed by atoms with Gasteiger partial charge in [0, 0.05) is 27.3 Å². The van der Waals surface area contributed by atoms with Gasteiger partial charge in [0.2, 0.25) is 0 Å². The molecule has 0 saturated heterocycles. The van der Waals surface area contributed by atoms with E-state index in [0.717, 1.165) is 6.33 Å². The number of aromatic nitrogens is 2. The number of benzene rings is 7. The molecule has 0 aliphatic rings. The highest BCUT2D eigenvalue weighted by Gasteiger charge is 2.18. The first-order valence-electron chi connectivity index (χ1n) is 26.8. The predicted molar refractivity (Wildman–Crippen MR) is 204 cm³/mol. The summed E-state index contributed by atoms with van der Waals surface area (Å²) in [6.45, 7) is 0. The monoisotopic (exact) mass is 664 g/mol. The molecule has 0 saturated carbocycles. The van der Waals surface area contributed by atoms with Gasteiger partial charge in [-0.3, -0.25) is 0 Å². The Morgan fingerprint density at radius 2 is 1.04 bits per heavy atom. The molecule has 10 aromatic rings. The summed E-state index contributed by atoms with van der Waals surface area (Å²) >= 11 is 0. The third kappa shape index (κ3) is 4.69. The first-order valence-corrected chi connectivity index (χ1v) is 14.8. The number of rotatable bonds is 5. The summed E-state index contributed by atoms with van der Waals surface area (Å²) in [7, 11) is 0. The van der Waals surface area contributed by atoms with Crippen molar-refractivity contribution in [3.8, 4) is 55.8 Å². The highest BCUT2D eigenvalue weighted by Crippen LogP contribution is 2.39. The smallest absolute Gasteiger partial charge is 0.180 e. The van der Waals surface area contributed by atoms with Crippen LogP contribution in [0.4, 0.5) is 0 Å². The average molecular weight is 665 g/mol. The highest BCUT2D eigenvalue weighted by atomic mass is 16.3. The van der Waals surface area contributed by atoms with Gasteiger partial charge in [0.1, 0.15) is 34.3 Å². The Morgan fingerprint density at radius 1 is 0.420 bits per heavy atom. The van der Waals surface area contributed by atoms with E-state index in [1.165, 1.54) is 18.2 Å². The Hall–Kier alpha value is -6.78. The lowest BCUT2D eigenvalue weighted by molar-refractivity contribution is 0.667. The van der Waals surface area contributed by atoms with Gasteiger partial charge in [0.05, 0.1) is 32.9 Å². The molecular formula is C46H28N2O2. The fourth-order valence-corrected chi connectivity index (χ4v) is 5.55. The lowest BCUT2D eigenvalue weighted by Crippen LogP contribution is -1.88. The van der Waals surface area contributed by atoms with E-state index in [4.69, 9.17) is 39.0 Å². The van der Waals surface area contributed by atoms with Crippen LogP contribution < -0.4 is 0 Å². The van der Waals surface area contributed by atoms with E-state index >= 15 is 0 Å². The molecule has 234 valence electrons. The summed E-state index contributed by atoms with van der Waals surface area (Å²) in [5.41, 5.74) is -5.54. The lowest BCUT2D eigenvalue weighted by atomic mass is 9.96. The van der Waals surface area contributed by atoms with E-state index < -0.39 is 195 Å². The first kappa shape index (κ1) is 13.3. The molecule has 0 atom stereocenters. The summed E-state index contributed by atoms with van der Waals surface area (Å²) in [5.74, 6) is 0. The minimum Gasteiger partial charge on any atom is -0.455 e. The predicted octanol–water partition coefficient (Wildman–Crippen LogP) is 12.6. The van der Waals surface area contributed by atoms with E-state index in [1.54, 1.807) is 0 Å². The van der Waals surface area contributed by atoms with Crippen LogP contribution in [-0.4, -0.2) is 9.97 Å². The minimum atomic E-state index is -0.873. The van der Waals surface area contributed by atoms with Crippen molar-refractivity contribution in [3.63, 3.8) is 0 Å². The fraction of sp³-hybridized carbons (Fsp3) is 0. The fourth-order valence-electron chi connectivity index (χ4n) is 5.55. The standard InChI is InChI=1S/C46H28N2O2/c1-2-9-29(10-3-1)30-19-21-31(22-20-30)32-11-6-12-33(25-32)34-23-24-42-40(27-34)44-46(50-42)43(47-28-48-44)36-14-7-13-35(26-36)37-16-8-17-39-38-15-4-5-18-41(38)49-45(37)39/h1-28H/i1D,2D,3D,4D,5D,6D,7D,8D,9D,10D,11D,12D,13D,14D,15D,16D,17D,18D,19D,20D,21D,22D,25D,26D. The molecule has 4 nitrogen and oxygen atoms in total. The van der Waals surface area contributed by atoms with Gasteiger partial charge < -0.3 is 8.83 Å². The van der Waals surface area contributed by atoms with Gasteiger partial charge in [-0.2, -0.15) is 0 Å². The topological polar surface area (TPSA) is 52.1 Å². The van der Waals surface area contributed by atoms with Crippen molar-refractivity contribution < 1.29 is 41.7 Å². The van der Waals surface area contributed by atoms with Crippen LogP contribution in [0.2, 0.25) is 0 Å². The lowest BCUT2D eigenvalue weighted by Gasteiger charge is -2.08. The maximum absolute atomic E-state index is 9.51. The number of furan rings is 2. The molecule has 7 aromatic carbocycles. The second-order valence-electron chi connectivity index (χ2n) is 10.7. The zero-order valence-corrected chi connectivity index (χ0v) is 25.0. The van der Waals surface area contributed by atoms with E-state index in [0.29, 0.717) is 0 Å². The Kier molecular flexibility index (Phi) is 3.03. The van der Waals surface area contributed by atoms with Crippen LogP contribution in [0.1, 0.15) is 32.9 Å². The quantitative estimate of drug-likeness (QED) is 0.184. The molecule has 0 unspecified atom stereocenters. The molecule has 0 bridgehead atoms. The van der Waals surface area contributed by atoms with Crippen LogP contribution in [-0.2, 0) is 0 Å². The van der Waals surface area contributed by atoms with E-state index in [1.807, 2.05) is 0 Å². The number of hydrogen-bond acceptors (Lipinski definition) is 4. The summed E-state index contributed by atoms with van der Waals surface area (Å²) in [5, 5.41) is -0.454. The molecule has 0 aliphatic heterocycles. The van der Waals surface area contributed by atoms with Crippen LogP contribution in [0.5, 0.6) is 0 Å². The third-order valence-electron chi connectivity index (χ3n) is 7.84. The van der Waals surface area contributed by atoms with Gasteiger partial charge in [-0.15, -0.1) is 0 Å². The second kappa shape index (κ2) is 11.4. The van der Waals surface area contributed by atoms with E-state index in [2.05, 4.69) is 9.97 Å². The molecule has 0 amide bonds. The SMILES string of the molecule is [2H]c1c([2H])c([2H])c(-c2c([2H])c([2H])c(-c3c([2H])c([2H])c([2H])c(-c4ccc5oc6c(-c7c([2H])c([2H])c([2H])c(-c8c([2H])c([2H])c([2H])c9c8oc8c([2H])c([2H])c([2H])c([2H])c89)c7[2H])ncnc6c5c4)c3[2H])c([2H])c2[2H])c([2H])c1[2H]. The van der Waals surface area contributed by atoms with Crippen molar-refractivity contribution in [2.45, 2.75) is 0 Å². The first-order chi connectivity index (χ1) is 34.8. The molecule has 3 heterocycles. The third-order valence-corrected chi connectivity index (χ3v) is 7.84. The Bertz CT molecular complexity index is 4200. The summed E-state index contributed by atoms with van der Waals surface area (Å²) in [4.78, 5) is 8.68. The average Bonchev–Trinajstić information content (AvgIpc) is 3.96. The second-order valence-corrected chi connectivity index (χ2v) is 10.7. The molecule has 50 heavy (non-hydrogen) atoms. The van der Waals surface area contributed by atoms with Gasteiger partial charge in [-0.1, -0.05) is 133 Å². The molecule has 0 fully saturated rings. The number of fused-ring (bicyclic) bond motifs is 6. The van der Waals surface area contributed by atoms with Gasteiger partial charge >= 0.3 is 0 Å². The normalized spacial score (nSPS) is 18.3. The molecule has 4 heteroatoms. The maximum Gasteiger partial charge on any atom is 0.180 e. The molecular weight excluding hydrogens is 613 g/mol. The highest BCUT2D eigenvalue weighted by molar-refractivity contribution is 6.10. The van der Waals surface area contributed by atoms with Gasteiger partial charge in [0.25, 0.3) is 0 Å². The van der Waals surface area contributed by atoms with Crippen LogP contribution in [0.25, 0.3) is 99.8 Å². The van der Waals surface area contributed by atoms with E-state index in [9.17, 15) is 2.74 Å². The molecule has 0 N–H and O–H groups in total. The van der Waals surface area contributed by atoms with Gasteiger partial charge in [0.15, 0.2) is 5.58 Å². The number of para-hydroxylation sites is 2. The zero-order chi connectivity index (χ0) is 53.9. The van der Waals surface area contributed by atoms with Crippen LogP contribution >= 0.6 is 0 Å². The van der Waals surface area contributed by atoms with Crippen molar-refractivity contribution in [1.29, 1.82) is 0 Å². The summed E-state index contributed by atoms with van der Waals surface area (Å²) < 4.78 is 221. The Morgan fingerprint density at radius 3 is 1.90 bits per heavy atom. The van der Waals surface area contributed by atoms with Crippen molar-refractivity contribution >= 4 is 44.0 Å². The van der Waals surface area contributed by atoms with Crippen molar-refractivity contribution in [2.75, 3.05) is 0 Å². The zero-order valence-electron chi connectivity index (χ0n) is 49.0. The van der Waals surface area contributed by atoms with Crippen molar-refractivity contribution in [3.05, 3.63) is 170 Å². The van der Waals surface area contributed by atoms with Crippen LogP contribution in [0.3, 0.4) is 0 Å². The maximum atomic E-state index is 9.51. The van der Waals surface area contributed by atoms with Gasteiger partial charge in [-0.05, 0) is 69.2 Å². The molecule has 3 aromatic heterocycles. The summed E-state index contributed by atoms with van der Waals surface area (Å²) in [6, 6.07) is -14.0. The Labute approximate surface area is 321 Å². The Balaban J connectivity index is 1.17. The molecule has 0 radical (unpaired) electrons. The molecule has 10 rings (SSSR count). The molecule has 0 aliphatic carbocycles. The number of nitrogens with zero attached hydrogens (tertiary/aromatic N) is 2. The van der Waals surface area contributed by atoms with Crippen molar-refractivity contribution in [2.24, 2.45) is 0 Å². The summed E-state index contributed by atoms with van der Waals surface area (Å²) in [6.07, 6.45) is 1.03. The van der Waals surface area contributed by atoms with Crippen LogP contribution in [0.15, 0.2) is 178 Å². The van der Waals surface area contributed by atoms with Crippen molar-refractivity contribution in [1.82, 2.24) is 9.97 Å². The largest absolute Gasteiger partial charge is 0.455 e. The number of hydrogen-bond donors (Lipinski definition) is 0. The minimum absolute atomic E-state index is 0.00537. The molecule has 0 spiro atoms. The van der Waals surface area contributed by atoms with E-state index in [-0.39, 0.29) is 49.7 Å². The van der Waals surface area contributed by atoms with Crippen LogP contribution in [0, 0.1) is 0 Å². The van der Waals surface area contributed by atoms with Gasteiger partial charge in [-0.25, -0.2) is 9.97 Å².